The SMILES string of the molecule is C[C@@H]1CCCN(Cc2ccc(C(=O)N3c4ccccc4C[C@@H]3C)cc2)C1. The molecular formula is C23H28N2O. The third kappa shape index (κ3) is 3.41. The van der Waals surface area contributed by atoms with Crippen LogP contribution >= 0.6 is 0 Å². The average Bonchev–Trinajstić information content (AvgIpc) is 2.97. The molecule has 0 aliphatic carbocycles. The highest BCUT2D eigenvalue weighted by molar-refractivity contribution is 6.07. The first-order valence-corrected chi connectivity index (χ1v) is 9.84. The maximum atomic E-state index is 13.1. The summed E-state index contributed by atoms with van der Waals surface area (Å²) in [6, 6.07) is 16.7. The van der Waals surface area contributed by atoms with Crippen LogP contribution in [0.5, 0.6) is 0 Å². The van der Waals surface area contributed by atoms with E-state index in [1.807, 2.05) is 23.1 Å². The lowest BCUT2D eigenvalue weighted by Crippen LogP contribution is -2.35. The van der Waals surface area contributed by atoms with Gasteiger partial charge in [-0.15, -0.1) is 0 Å². The molecule has 2 heterocycles. The fraction of sp³-hybridized carbons (Fsp3) is 0.435. The standard InChI is InChI=1S/C23H28N2O/c1-17-6-5-13-24(15-17)16-19-9-11-20(12-10-19)23(26)25-18(2)14-21-7-3-4-8-22(21)25/h3-4,7-12,17-18H,5-6,13-16H2,1-2H3/t17-,18+/m1/s1. The quantitative estimate of drug-likeness (QED) is 0.815. The van der Waals surface area contributed by atoms with Gasteiger partial charge in [-0.2, -0.15) is 0 Å². The van der Waals surface area contributed by atoms with Crippen molar-refractivity contribution in [2.75, 3.05) is 18.0 Å². The maximum absolute atomic E-state index is 13.1. The van der Waals surface area contributed by atoms with Crippen molar-refractivity contribution in [3.63, 3.8) is 0 Å². The van der Waals surface area contributed by atoms with Crippen molar-refractivity contribution >= 4 is 11.6 Å². The largest absolute Gasteiger partial charge is 0.305 e. The summed E-state index contributed by atoms with van der Waals surface area (Å²) in [5.74, 6) is 0.905. The number of likely N-dealkylation sites (tertiary alicyclic amines) is 1. The number of carbonyl (C=O) groups is 1. The molecule has 0 aromatic heterocycles. The molecular weight excluding hydrogens is 320 g/mol. The molecule has 1 fully saturated rings. The summed E-state index contributed by atoms with van der Waals surface area (Å²) in [6.45, 7) is 7.82. The van der Waals surface area contributed by atoms with Gasteiger partial charge in [-0.3, -0.25) is 9.69 Å². The Morgan fingerprint density at radius 2 is 1.85 bits per heavy atom. The number of carbonyl (C=O) groups excluding carboxylic acids is 1. The smallest absolute Gasteiger partial charge is 0.258 e. The number of benzene rings is 2. The second-order valence-electron chi connectivity index (χ2n) is 8.04. The first-order chi connectivity index (χ1) is 12.6. The molecule has 0 unspecified atom stereocenters. The molecule has 26 heavy (non-hydrogen) atoms. The molecule has 2 aliphatic rings. The summed E-state index contributed by atoms with van der Waals surface area (Å²) < 4.78 is 0. The van der Waals surface area contributed by atoms with E-state index < -0.39 is 0 Å². The second-order valence-corrected chi connectivity index (χ2v) is 8.04. The Morgan fingerprint density at radius 3 is 2.62 bits per heavy atom. The summed E-state index contributed by atoms with van der Waals surface area (Å²) in [6.07, 6.45) is 3.58. The highest BCUT2D eigenvalue weighted by atomic mass is 16.2. The number of hydrogen-bond acceptors (Lipinski definition) is 2. The van der Waals surface area contributed by atoms with Gasteiger partial charge in [0.05, 0.1) is 0 Å². The van der Waals surface area contributed by atoms with Gasteiger partial charge in [0.1, 0.15) is 0 Å². The van der Waals surface area contributed by atoms with Crippen LogP contribution < -0.4 is 4.90 Å². The molecule has 2 aromatic carbocycles. The van der Waals surface area contributed by atoms with Crippen molar-refractivity contribution in [1.82, 2.24) is 4.90 Å². The molecule has 2 aliphatic heterocycles. The molecule has 0 N–H and O–H groups in total. The predicted octanol–water partition coefficient (Wildman–Crippen LogP) is 4.51. The summed E-state index contributed by atoms with van der Waals surface area (Å²) in [7, 11) is 0. The zero-order valence-corrected chi connectivity index (χ0v) is 15.8. The van der Waals surface area contributed by atoms with Crippen molar-refractivity contribution in [2.24, 2.45) is 5.92 Å². The fourth-order valence-corrected chi connectivity index (χ4v) is 4.46. The Morgan fingerprint density at radius 1 is 1.08 bits per heavy atom. The Balaban J connectivity index is 1.47. The van der Waals surface area contributed by atoms with E-state index in [1.54, 1.807) is 0 Å². The van der Waals surface area contributed by atoms with E-state index in [2.05, 4.69) is 49.1 Å². The zero-order chi connectivity index (χ0) is 18.1. The van der Waals surface area contributed by atoms with Crippen LogP contribution in [-0.4, -0.2) is 29.9 Å². The van der Waals surface area contributed by atoms with Crippen LogP contribution in [0.4, 0.5) is 5.69 Å². The van der Waals surface area contributed by atoms with E-state index in [0.717, 1.165) is 30.1 Å². The second kappa shape index (κ2) is 7.24. The van der Waals surface area contributed by atoms with E-state index in [4.69, 9.17) is 0 Å². The van der Waals surface area contributed by atoms with E-state index >= 15 is 0 Å². The molecule has 4 rings (SSSR count). The first kappa shape index (κ1) is 17.3. The lowest BCUT2D eigenvalue weighted by molar-refractivity contribution is 0.0981. The van der Waals surface area contributed by atoms with Crippen LogP contribution in [0.15, 0.2) is 48.5 Å². The van der Waals surface area contributed by atoms with E-state index in [1.165, 1.54) is 37.1 Å². The lowest BCUT2D eigenvalue weighted by atomic mass is 9.99. The number of amides is 1. The molecule has 1 amide bonds. The molecule has 0 radical (unpaired) electrons. The lowest BCUT2D eigenvalue weighted by Gasteiger charge is -2.30. The molecule has 2 atom stereocenters. The average molecular weight is 348 g/mol. The van der Waals surface area contributed by atoms with Gasteiger partial charge < -0.3 is 4.90 Å². The van der Waals surface area contributed by atoms with E-state index in [9.17, 15) is 4.79 Å². The predicted molar refractivity (Wildman–Crippen MR) is 107 cm³/mol. The number of para-hydroxylation sites is 1. The van der Waals surface area contributed by atoms with Crippen LogP contribution in [0, 0.1) is 5.92 Å². The van der Waals surface area contributed by atoms with Crippen LogP contribution in [0.2, 0.25) is 0 Å². The Bertz CT molecular complexity index is 783. The highest BCUT2D eigenvalue weighted by Crippen LogP contribution is 2.33. The third-order valence-corrected chi connectivity index (χ3v) is 5.77. The van der Waals surface area contributed by atoms with Gasteiger partial charge in [-0.05, 0) is 68.0 Å². The van der Waals surface area contributed by atoms with Crippen LogP contribution in [-0.2, 0) is 13.0 Å². The molecule has 1 saturated heterocycles. The summed E-state index contributed by atoms with van der Waals surface area (Å²) in [4.78, 5) is 17.6. The Labute approximate surface area is 156 Å². The Hall–Kier alpha value is -2.13. The van der Waals surface area contributed by atoms with E-state index in [0.29, 0.717) is 0 Å². The van der Waals surface area contributed by atoms with Crippen LogP contribution in [0.3, 0.4) is 0 Å². The molecule has 3 nitrogen and oxygen atoms in total. The molecule has 2 aromatic rings. The first-order valence-electron chi connectivity index (χ1n) is 9.84. The number of nitrogens with zero attached hydrogens (tertiary/aromatic N) is 2. The van der Waals surface area contributed by atoms with Gasteiger partial charge in [-0.1, -0.05) is 37.3 Å². The highest BCUT2D eigenvalue weighted by Gasteiger charge is 2.31. The molecule has 136 valence electrons. The molecule has 3 heteroatoms. The number of piperidine rings is 1. The van der Waals surface area contributed by atoms with E-state index in [-0.39, 0.29) is 11.9 Å². The number of rotatable bonds is 3. The molecule has 0 bridgehead atoms. The van der Waals surface area contributed by atoms with Gasteiger partial charge in [0.15, 0.2) is 0 Å². The van der Waals surface area contributed by atoms with Crippen molar-refractivity contribution in [3.05, 3.63) is 65.2 Å². The van der Waals surface area contributed by atoms with Gasteiger partial charge in [0, 0.05) is 30.4 Å². The number of fused-ring (bicyclic) bond motifs is 1. The zero-order valence-electron chi connectivity index (χ0n) is 15.8. The van der Waals surface area contributed by atoms with Gasteiger partial charge >= 0.3 is 0 Å². The number of anilines is 1. The minimum Gasteiger partial charge on any atom is -0.305 e. The van der Waals surface area contributed by atoms with Crippen molar-refractivity contribution in [2.45, 2.75) is 45.7 Å². The summed E-state index contributed by atoms with van der Waals surface area (Å²) in [5, 5.41) is 0. The minimum absolute atomic E-state index is 0.112. The molecule has 0 spiro atoms. The minimum atomic E-state index is 0.112. The monoisotopic (exact) mass is 348 g/mol. The van der Waals surface area contributed by atoms with Crippen LogP contribution in [0.25, 0.3) is 0 Å². The topological polar surface area (TPSA) is 23.6 Å². The summed E-state index contributed by atoms with van der Waals surface area (Å²) in [5.41, 5.74) is 4.41. The van der Waals surface area contributed by atoms with Crippen molar-refractivity contribution < 1.29 is 4.79 Å². The fourth-order valence-electron chi connectivity index (χ4n) is 4.46. The maximum Gasteiger partial charge on any atom is 0.258 e. The van der Waals surface area contributed by atoms with Gasteiger partial charge in [-0.25, -0.2) is 0 Å². The van der Waals surface area contributed by atoms with Crippen molar-refractivity contribution in [1.29, 1.82) is 0 Å². The van der Waals surface area contributed by atoms with Gasteiger partial charge in [0.2, 0.25) is 0 Å². The Kier molecular flexibility index (Phi) is 4.82. The van der Waals surface area contributed by atoms with Crippen molar-refractivity contribution in [3.8, 4) is 0 Å². The normalized spacial score (nSPS) is 23.1. The third-order valence-electron chi connectivity index (χ3n) is 5.77. The molecule has 0 saturated carbocycles. The summed E-state index contributed by atoms with van der Waals surface area (Å²) >= 11 is 0. The van der Waals surface area contributed by atoms with Crippen LogP contribution in [0.1, 0.15) is 48.2 Å². The number of hydrogen-bond donors (Lipinski definition) is 0. The van der Waals surface area contributed by atoms with Gasteiger partial charge in [0.25, 0.3) is 5.91 Å².